The highest BCUT2D eigenvalue weighted by atomic mass is 16.4. The number of rotatable bonds is 12. The zero-order valence-corrected chi connectivity index (χ0v) is 12.9. The summed E-state index contributed by atoms with van der Waals surface area (Å²) in [6.07, 6.45) is 12.8. The Hall–Kier alpha value is -1.06. The van der Waals surface area contributed by atoms with Gasteiger partial charge in [0.25, 0.3) is 0 Å². The molecule has 20 heavy (non-hydrogen) atoms. The van der Waals surface area contributed by atoms with Crippen molar-refractivity contribution in [1.29, 1.82) is 0 Å². The number of carbonyl (C=O) groups is 1. The third-order valence-electron chi connectivity index (χ3n) is 3.86. The SMILES string of the molecule is CCCCCCCCCCCC1=NCCN1CC(=O)O. The fraction of sp³-hybridized carbons (Fsp3) is 0.875. The minimum absolute atomic E-state index is 0.107. The number of hydrogen-bond donors (Lipinski definition) is 1. The Morgan fingerprint density at radius 1 is 1.10 bits per heavy atom. The van der Waals surface area contributed by atoms with Crippen LogP contribution in [0.4, 0.5) is 0 Å². The third kappa shape index (κ3) is 7.51. The van der Waals surface area contributed by atoms with Crippen LogP contribution in [0.15, 0.2) is 4.99 Å². The standard InChI is InChI=1S/C16H30N2O2/c1-2-3-4-5-6-7-8-9-10-11-15-17-12-13-18(15)14-16(19)20/h2-14H2,1H3,(H,19,20). The molecule has 0 unspecified atom stereocenters. The van der Waals surface area contributed by atoms with Gasteiger partial charge in [0, 0.05) is 13.0 Å². The van der Waals surface area contributed by atoms with Gasteiger partial charge in [-0.05, 0) is 6.42 Å². The Kier molecular flexibility index (Phi) is 9.09. The Balaban J connectivity index is 1.97. The highest BCUT2D eigenvalue weighted by molar-refractivity contribution is 5.86. The molecule has 0 saturated heterocycles. The van der Waals surface area contributed by atoms with E-state index in [9.17, 15) is 4.79 Å². The molecule has 0 bridgehead atoms. The second-order valence-corrected chi connectivity index (χ2v) is 5.69. The molecule has 0 amide bonds. The summed E-state index contributed by atoms with van der Waals surface area (Å²) in [5.74, 6) is 0.252. The summed E-state index contributed by atoms with van der Waals surface area (Å²) < 4.78 is 0. The molecular weight excluding hydrogens is 252 g/mol. The number of aliphatic imine (C=N–C) groups is 1. The molecule has 0 saturated carbocycles. The van der Waals surface area contributed by atoms with Gasteiger partial charge in [-0.1, -0.05) is 58.3 Å². The molecule has 0 aromatic rings. The average molecular weight is 282 g/mol. The van der Waals surface area contributed by atoms with Gasteiger partial charge in [0.2, 0.25) is 0 Å². The molecule has 1 rings (SSSR count). The van der Waals surface area contributed by atoms with E-state index in [1.54, 1.807) is 0 Å². The summed E-state index contributed by atoms with van der Waals surface area (Å²) in [5, 5.41) is 8.83. The molecule has 0 aromatic heterocycles. The molecule has 4 heteroatoms. The maximum Gasteiger partial charge on any atom is 0.323 e. The highest BCUT2D eigenvalue weighted by Crippen LogP contribution is 2.13. The van der Waals surface area contributed by atoms with Crippen molar-refractivity contribution < 1.29 is 9.90 Å². The van der Waals surface area contributed by atoms with Gasteiger partial charge in [0.1, 0.15) is 6.54 Å². The molecule has 1 aliphatic heterocycles. The first kappa shape index (κ1) is 17.0. The molecule has 1 aliphatic rings. The number of nitrogens with zero attached hydrogens (tertiary/aromatic N) is 2. The van der Waals surface area contributed by atoms with Crippen molar-refractivity contribution in [3.05, 3.63) is 0 Å². The Labute approximate surface area is 123 Å². The Bertz CT molecular complexity index is 303. The number of aliphatic carboxylic acids is 1. The highest BCUT2D eigenvalue weighted by Gasteiger charge is 2.18. The van der Waals surface area contributed by atoms with E-state index in [-0.39, 0.29) is 6.54 Å². The van der Waals surface area contributed by atoms with E-state index >= 15 is 0 Å². The van der Waals surface area contributed by atoms with Crippen LogP contribution in [0.3, 0.4) is 0 Å². The van der Waals surface area contributed by atoms with Gasteiger partial charge in [-0.25, -0.2) is 0 Å². The summed E-state index contributed by atoms with van der Waals surface area (Å²) >= 11 is 0. The van der Waals surface area contributed by atoms with Crippen molar-refractivity contribution >= 4 is 11.8 Å². The van der Waals surface area contributed by atoms with Crippen LogP contribution in [0, 0.1) is 0 Å². The fourth-order valence-electron chi connectivity index (χ4n) is 2.69. The summed E-state index contributed by atoms with van der Waals surface area (Å²) in [4.78, 5) is 17.1. The Morgan fingerprint density at radius 3 is 2.30 bits per heavy atom. The van der Waals surface area contributed by atoms with Crippen molar-refractivity contribution in [1.82, 2.24) is 4.90 Å². The van der Waals surface area contributed by atoms with Crippen molar-refractivity contribution in [2.24, 2.45) is 4.99 Å². The van der Waals surface area contributed by atoms with Crippen molar-refractivity contribution in [3.63, 3.8) is 0 Å². The van der Waals surface area contributed by atoms with E-state index in [2.05, 4.69) is 11.9 Å². The lowest BCUT2D eigenvalue weighted by molar-refractivity contribution is -0.137. The minimum Gasteiger partial charge on any atom is -0.480 e. The van der Waals surface area contributed by atoms with E-state index in [0.29, 0.717) is 0 Å². The van der Waals surface area contributed by atoms with Crippen LogP contribution in [0.2, 0.25) is 0 Å². The largest absolute Gasteiger partial charge is 0.480 e. The van der Waals surface area contributed by atoms with Crippen LogP contribution in [-0.2, 0) is 4.79 Å². The van der Waals surface area contributed by atoms with Crippen molar-refractivity contribution in [2.75, 3.05) is 19.6 Å². The zero-order chi connectivity index (χ0) is 14.6. The van der Waals surface area contributed by atoms with Crippen molar-refractivity contribution in [3.8, 4) is 0 Å². The molecule has 0 spiro atoms. The molecule has 0 atom stereocenters. The molecular formula is C16H30N2O2. The van der Waals surface area contributed by atoms with E-state index in [1.807, 2.05) is 4.90 Å². The average Bonchev–Trinajstić information content (AvgIpc) is 2.83. The monoisotopic (exact) mass is 282 g/mol. The molecule has 0 aromatic carbocycles. The lowest BCUT2D eigenvalue weighted by Gasteiger charge is -2.17. The van der Waals surface area contributed by atoms with Crippen LogP contribution in [0.5, 0.6) is 0 Å². The van der Waals surface area contributed by atoms with Crippen LogP contribution in [0.25, 0.3) is 0 Å². The lowest BCUT2D eigenvalue weighted by Crippen LogP contribution is -2.32. The lowest BCUT2D eigenvalue weighted by atomic mass is 10.1. The Morgan fingerprint density at radius 2 is 1.70 bits per heavy atom. The second kappa shape index (κ2) is 10.7. The molecule has 1 heterocycles. The summed E-state index contributed by atoms with van der Waals surface area (Å²) in [7, 11) is 0. The molecule has 0 aliphatic carbocycles. The van der Waals surface area contributed by atoms with Crippen molar-refractivity contribution in [2.45, 2.75) is 71.1 Å². The van der Waals surface area contributed by atoms with E-state index in [4.69, 9.17) is 5.11 Å². The number of amidine groups is 1. The summed E-state index contributed by atoms with van der Waals surface area (Å²) in [6, 6.07) is 0. The number of carboxylic acid groups (broad SMARTS) is 1. The number of unbranched alkanes of at least 4 members (excludes halogenated alkanes) is 8. The van der Waals surface area contributed by atoms with Gasteiger partial charge in [0.05, 0.1) is 12.4 Å². The van der Waals surface area contributed by atoms with E-state index in [0.717, 1.165) is 31.8 Å². The van der Waals surface area contributed by atoms with E-state index in [1.165, 1.54) is 51.4 Å². The molecule has 0 fully saturated rings. The summed E-state index contributed by atoms with van der Waals surface area (Å²) in [5.41, 5.74) is 0. The van der Waals surface area contributed by atoms with Gasteiger partial charge in [-0.2, -0.15) is 0 Å². The van der Waals surface area contributed by atoms with Gasteiger partial charge in [-0.3, -0.25) is 9.79 Å². The normalized spacial score (nSPS) is 14.7. The van der Waals surface area contributed by atoms with Crippen LogP contribution >= 0.6 is 0 Å². The number of hydrogen-bond acceptors (Lipinski definition) is 3. The minimum atomic E-state index is -0.758. The van der Waals surface area contributed by atoms with Crippen LogP contribution < -0.4 is 0 Å². The third-order valence-corrected chi connectivity index (χ3v) is 3.86. The predicted octanol–water partition coefficient (Wildman–Crippen LogP) is 3.71. The maximum absolute atomic E-state index is 10.7. The maximum atomic E-state index is 10.7. The first-order valence-electron chi connectivity index (χ1n) is 8.24. The molecule has 1 N–H and O–H groups in total. The molecule has 116 valence electrons. The molecule has 4 nitrogen and oxygen atoms in total. The fourth-order valence-corrected chi connectivity index (χ4v) is 2.69. The second-order valence-electron chi connectivity index (χ2n) is 5.69. The van der Waals surface area contributed by atoms with Crippen LogP contribution in [0.1, 0.15) is 71.1 Å². The molecule has 0 radical (unpaired) electrons. The van der Waals surface area contributed by atoms with E-state index < -0.39 is 5.97 Å². The smallest absolute Gasteiger partial charge is 0.323 e. The van der Waals surface area contributed by atoms with Gasteiger partial charge in [-0.15, -0.1) is 0 Å². The number of carboxylic acids is 1. The van der Waals surface area contributed by atoms with Crippen LogP contribution in [-0.4, -0.2) is 41.4 Å². The topological polar surface area (TPSA) is 52.9 Å². The predicted molar refractivity (Wildman–Crippen MR) is 83.4 cm³/mol. The first-order valence-corrected chi connectivity index (χ1v) is 8.24. The van der Waals surface area contributed by atoms with Gasteiger partial charge >= 0.3 is 5.97 Å². The first-order chi connectivity index (χ1) is 9.74. The zero-order valence-electron chi connectivity index (χ0n) is 12.9. The van der Waals surface area contributed by atoms with Gasteiger partial charge in [0.15, 0.2) is 0 Å². The summed E-state index contributed by atoms with van der Waals surface area (Å²) in [6.45, 7) is 3.90. The quantitative estimate of drug-likeness (QED) is 0.555. The van der Waals surface area contributed by atoms with Gasteiger partial charge < -0.3 is 10.0 Å².